The summed E-state index contributed by atoms with van der Waals surface area (Å²) in [5.41, 5.74) is -0.656. The van der Waals surface area contributed by atoms with Crippen LogP contribution in [0.4, 0.5) is 9.18 Å². The van der Waals surface area contributed by atoms with Crippen molar-refractivity contribution in [2.24, 2.45) is 0 Å². The number of nitrogens with zero attached hydrogens (tertiary/aromatic N) is 1. The highest BCUT2D eigenvalue weighted by atomic mass is 19.1. The van der Waals surface area contributed by atoms with E-state index in [-0.39, 0.29) is 19.4 Å². The number of amides is 1. The molecule has 0 aromatic carbocycles. The highest BCUT2D eigenvalue weighted by molar-refractivity contribution is 5.69. The number of hydrogen-bond acceptors (Lipinski definition) is 4. The van der Waals surface area contributed by atoms with Crippen molar-refractivity contribution < 1.29 is 23.5 Å². The predicted octanol–water partition coefficient (Wildman–Crippen LogP) is 1.46. The lowest BCUT2D eigenvalue weighted by Crippen LogP contribution is -2.41. The Labute approximate surface area is 93.5 Å². The number of ether oxygens (including phenoxy) is 2. The minimum Gasteiger partial charge on any atom is -0.444 e. The summed E-state index contributed by atoms with van der Waals surface area (Å²) in [4.78, 5) is 22.9. The second kappa shape index (κ2) is 4.67. The fraction of sp³-hybridized carbons (Fsp3) is 0.800. The van der Waals surface area contributed by atoms with Gasteiger partial charge in [0.05, 0.1) is 6.54 Å². The molecule has 6 heteroatoms. The van der Waals surface area contributed by atoms with Crippen LogP contribution in [-0.4, -0.2) is 42.0 Å². The Kier molecular flexibility index (Phi) is 3.72. The van der Waals surface area contributed by atoms with Gasteiger partial charge in [0.15, 0.2) is 6.23 Å². The van der Waals surface area contributed by atoms with Crippen LogP contribution >= 0.6 is 0 Å². The van der Waals surface area contributed by atoms with Crippen molar-refractivity contribution in [3.8, 4) is 0 Å². The van der Waals surface area contributed by atoms with E-state index in [2.05, 4.69) is 4.74 Å². The summed E-state index contributed by atoms with van der Waals surface area (Å²) >= 11 is 0. The van der Waals surface area contributed by atoms with Crippen molar-refractivity contribution in [2.45, 2.75) is 45.2 Å². The van der Waals surface area contributed by atoms with Crippen LogP contribution in [0.2, 0.25) is 0 Å². The molecule has 0 aliphatic carbocycles. The lowest BCUT2D eigenvalue weighted by atomic mass is 10.2. The molecule has 1 amide bonds. The van der Waals surface area contributed by atoms with Gasteiger partial charge in [0.2, 0.25) is 0 Å². The van der Waals surface area contributed by atoms with E-state index in [9.17, 15) is 14.0 Å². The van der Waals surface area contributed by atoms with Crippen molar-refractivity contribution in [3.63, 3.8) is 0 Å². The Morgan fingerprint density at radius 1 is 1.50 bits per heavy atom. The molecule has 0 aromatic rings. The molecule has 1 aliphatic rings. The minimum atomic E-state index is -1.18. The van der Waals surface area contributed by atoms with Crippen molar-refractivity contribution in [1.29, 1.82) is 0 Å². The molecule has 0 radical (unpaired) electrons. The normalized spacial score (nSPS) is 25.4. The molecule has 0 saturated carbocycles. The Balaban J connectivity index is 2.63. The molecule has 16 heavy (non-hydrogen) atoms. The number of rotatable bonds is 2. The maximum atomic E-state index is 13.1. The predicted molar refractivity (Wildman–Crippen MR) is 53.4 cm³/mol. The number of alkyl halides is 1. The maximum absolute atomic E-state index is 13.1. The van der Waals surface area contributed by atoms with Gasteiger partial charge in [-0.25, -0.2) is 9.18 Å². The first kappa shape index (κ1) is 12.7. The number of carbonyl (C=O) groups is 2. The van der Waals surface area contributed by atoms with Gasteiger partial charge in [-0.2, -0.15) is 0 Å². The van der Waals surface area contributed by atoms with Crippen LogP contribution in [0.15, 0.2) is 0 Å². The average molecular weight is 233 g/mol. The van der Waals surface area contributed by atoms with Crippen molar-refractivity contribution in [1.82, 2.24) is 4.90 Å². The number of carbonyl (C=O) groups excluding carboxylic acids is 2. The van der Waals surface area contributed by atoms with Gasteiger partial charge in [0, 0.05) is 6.42 Å². The Morgan fingerprint density at radius 3 is 2.62 bits per heavy atom. The van der Waals surface area contributed by atoms with Gasteiger partial charge in [-0.1, -0.05) is 0 Å². The first-order valence-corrected chi connectivity index (χ1v) is 5.06. The standard InChI is InChI=1S/C10H16FNO4/c1-10(2,3)16-9(14)12-5-7(11)4-8(12)15-6-13/h6-8H,4-5H2,1-3H3/t7-,8+/m1/s1. The zero-order chi connectivity index (χ0) is 12.3. The molecule has 1 fully saturated rings. The highest BCUT2D eigenvalue weighted by Crippen LogP contribution is 2.23. The van der Waals surface area contributed by atoms with E-state index in [1.165, 1.54) is 0 Å². The highest BCUT2D eigenvalue weighted by Gasteiger charge is 2.38. The third kappa shape index (κ3) is 3.36. The van der Waals surface area contributed by atoms with Crippen molar-refractivity contribution >= 4 is 12.6 Å². The van der Waals surface area contributed by atoms with Gasteiger partial charge < -0.3 is 9.47 Å². The maximum Gasteiger partial charge on any atom is 0.413 e. The quantitative estimate of drug-likeness (QED) is 0.677. The van der Waals surface area contributed by atoms with Crippen LogP contribution in [0.1, 0.15) is 27.2 Å². The molecule has 1 saturated heterocycles. The molecule has 0 N–H and O–H groups in total. The van der Waals surface area contributed by atoms with Gasteiger partial charge in [0.25, 0.3) is 6.47 Å². The third-order valence-electron chi connectivity index (χ3n) is 2.04. The van der Waals surface area contributed by atoms with E-state index < -0.39 is 24.1 Å². The van der Waals surface area contributed by atoms with E-state index in [1.807, 2.05) is 0 Å². The first-order chi connectivity index (χ1) is 7.33. The second-order valence-corrected chi connectivity index (χ2v) is 4.65. The molecule has 1 aliphatic heterocycles. The number of hydrogen-bond donors (Lipinski definition) is 0. The first-order valence-electron chi connectivity index (χ1n) is 5.06. The SMILES string of the molecule is CC(C)(C)OC(=O)N1C[C@H](F)C[C@@H]1OC=O. The molecule has 92 valence electrons. The Hall–Kier alpha value is -1.33. The molecular weight excluding hydrogens is 217 g/mol. The van der Waals surface area contributed by atoms with E-state index >= 15 is 0 Å². The van der Waals surface area contributed by atoms with E-state index in [1.54, 1.807) is 20.8 Å². The summed E-state index contributed by atoms with van der Waals surface area (Å²) < 4.78 is 22.8. The van der Waals surface area contributed by atoms with Crippen LogP contribution < -0.4 is 0 Å². The molecule has 5 nitrogen and oxygen atoms in total. The van der Waals surface area contributed by atoms with Crippen molar-refractivity contribution in [3.05, 3.63) is 0 Å². The van der Waals surface area contributed by atoms with E-state index in [0.717, 1.165) is 4.90 Å². The summed E-state index contributed by atoms with van der Waals surface area (Å²) in [6.07, 6.45) is -2.71. The summed E-state index contributed by atoms with van der Waals surface area (Å²) in [7, 11) is 0. The van der Waals surface area contributed by atoms with Crippen LogP contribution in [0.25, 0.3) is 0 Å². The minimum absolute atomic E-state index is 0.00200. The van der Waals surface area contributed by atoms with Gasteiger partial charge in [-0.3, -0.25) is 9.69 Å². The van der Waals surface area contributed by atoms with Gasteiger partial charge in [-0.15, -0.1) is 0 Å². The van der Waals surface area contributed by atoms with Crippen LogP contribution in [0, 0.1) is 0 Å². The van der Waals surface area contributed by atoms with E-state index in [0.29, 0.717) is 0 Å². The fourth-order valence-electron chi connectivity index (χ4n) is 1.46. The van der Waals surface area contributed by atoms with Crippen LogP contribution in [0.5, 0.6) is 0 Å². The smallest absolute Gasteiger partial charge is 0.413 e. The second-order valence-electron chi connectivity index (χ2n) is 4.65. The third-order valence-corrected chi connectivity index (χ3v) is 2.04. The summed E-state index contributed by atoms with van der Waals surface area (Å²) in [6, 6.07) is 0. The number of halogens is 1. The monoisotopic (exact) mass is 233 g/mol. The van der Waals surface area contributed by atoms with Gasteiger partial charge in [0.1, 0.15) is 11.8 Å². The fourth-order valence-corrected chi connectivity index (χ4v) is 1.46. The van der Waals surface area contributed by atoms with Crippen molar-refractivity contribution in [2.75, 3.05) is 6.54 Å². The largest absolute Gasteiger partial charge is 0.444 e. The van der Waals surface area contributed by atoms with E-state index in [4.69, 9.17) is 4.74 Å². The summed E-state index contributed by atoms with van der Waals surface area (Å²) in [6.45, 7) is 5.24. The molecule has 0 unspecified atom stereocenters. The average Bonchev–Trinajstić information content (AvgIpc) is 2.44. The summed E-state index contributed by atoms with van der Waals surface area (Å²) in [5.74, 6) is 0. The Bertz CT molecular complexity index is 276. The number of likely N-dealkylation sites (tertiary alicyclic amines) is 1. The molecule has 1 rings (SSSR count). The molecule has 0 bridgehead atoms. The topological polar surface area (TPSA) is 55.8 Å². The Morgan fingerprint density at radius 2 is 2.12 bits per heavy atom. The lowest BCUT2D eigenvalue weighted by molar-refractivity contribution is -0.139. The molecule has 2 atom stereocenters. The summed E-state index contributed by atoms with van der Waals surface area (Å²) in [5, 5.41) is 0. The molecule has 0 spiro atoms. The lowest BCUT2D eigenvalue weighted by Gasteiger charge is -2.27. The van der Waals surface area contributed by atoms with Crippen LogP contribution in [0.3, 0.4) is 0 Å². The molecular formula is C10H16FNO4. The molecule has 0 aromatic heterocycles. The van der Waals surface area contributed by atoms with Gasteiger partial charge in [-0.05, 0) is 20.8 Å². The van der Waals surface area contributed by atoms with Gasteiger partial charge >= 0.3 is 6.09 Å². The zero-order valence-corrected chi connectivity index (χ0v) is 9.60. The zero-order valence-electron chi connectivity index (χ0n) is 9.60. The molecule has 1 heterocycles. The van der Waals surface area contributed by atoms with Crippen LogP contribution in [-0.2, 0) is 14.3 Å².